The molecule has 1 saturated heterocycles. The Morgan fingerprint density at radius 2 is 1.30 bits per heavy atom. The molecule has 0 bridgehead atoms. The zero-order valence-corrected chi connectivity index (χ0v) is 18.3. The third kappa shape index (κ3) is 7.45. The fraction of sp³-hybridized carbons (Fsp3) is 0.476. The fourth-order valence-electron chi connectivity index (χ4n) is 3.09. The van der Waals surface area contributed by atoms with Crippen LogP contribution in [-0.2, 0) is 42.9 Å². The van der Waals surface area contributed by atoms with Crippen molar-refractivity contribution in [2.75, 3.05) is 6.61 Å². The van der Waals surface area contributed by atoms with Gasteiger partial charge in [-0.15, -0.1) is 0 Å². The molecule has 12 nitrogen and oxygen atoms in total. The lowest BCUT2D eigenvalue weighted by atomic mass is 9.98. The number of hydrogen-bond acceptors (Lipinski definition) is 11. The molecule has 1 aromatic carbocycles. The van der Waals surface area contributed by atoms with E-state index < -0.39 is 67.2 Å². The first-order chi connectivity index (χ1) is 15.5. The molecule has 0 amide bonds. The second-order valence-corrected chi connectivity index (χ2v) is 7.02. The maximum absolute atomic E-state index is 11.8. The van der Waals surface area contributed by atoms with Crippen LogP contribution in [-0.4, -0.2) is 72.3 Å². The summed E-state index contributed by atoms with van der Waals surface area (Å²) in [5.41, 5.74) is 0.00361. The average molecular weight is 468 g/mol. The van der Waals surface area contributed by atoms with Crippen molar-refractivity contribution in [3.63, 3.8) is 0 Å². The lowest BCUT2D eigenvalue weighted by Crippen LogP contribution is -2.63. The largest absolute Gasteiger partial charge is 0.478 e. The van der Waals surface area contributed by atoms with E-state index in [0.29, 0.717) is 0 Å². The number of esters is 4. The van der Waals surface area contributed by atoms with Gasteiger partial charge in [0.15, 0.2) is 12.2 Å². The number of ether oxygens (including phenoxy) is 6. The Bertz CT molecular complexity index is 893. The first kappa shape index (κ1) is 25.6. The number of hydrogen-bond donors (Lipinski definition) is 1. The number of rotatable bonds is 8. The van der Waals surface area contributed by atoms with Gasteiger partial charge in [-0.05, 0) is 24.3 Å². The van der Waals surface area contributed by atoms with Crippen molar-refractivity contribution in [2.45, 2.75) is 58.4 Å². The van der Waals surface area contributed by atoms with Gasteiger partial charge in [-0.25, -0.2) is 4.79 Å². The lowest BCUT2D eigenvalue weighted by Gasteiger charge is -2.43. The Morgan fingerprint density at radius 1 is 0.788 bits per heavy atom. The Hall–Kier alpha value is -3.67. The monoisotopic (exact) mass is 468 g/mol. The van der Waals surface area contributed by atoms with E-state index in [2.05, 4.69) is 0 Å². The van der Waals surface area contributed by atoms with E-state index in [1.54, 1.807) is 0 Å². The molecule has 1 fully saturated rings. The minimum atomic E-state index is -1.40. The van der Waals surface area contributed by atoms with Crippen molar-refractivity contribution in [1.82, 2.24) is 0 Å². The molecule has 0 saturated carbocycles. The van der Waals surface area contributed by atoms with Crippen LogP contribution in [0.3, 0.4) is 0 Å². The second-order valence-electron chi connectivity index (χ2n) is 7.02. The van der Waals surface area contributed by atoms with Crippen LogP contribution in [0.2, 0.25) is 0 Å². The van der Waals surface area contributed by atoms with Crippen molar-refractivity contribution in [3.05, 3.63) is 29.8 Å². The Labute approximate surface area is 188 Å². The summed E-state index contributed by atoms with van der Waals surface area (Å²) in [6.45, 7) is 4.09. The molecule has 0 spiro atoms. The van der Waals surface area contributed by atoms with Crippen molar-refractivity contribution < 1.29 is 57.5 Å². The number of benzene rings is 1. The van der Waals surface area contributed by atoms with Crippen LogP contribution in [0.15, 0.2) is 24.3 Å². The average Bonchev–Trinajstić information content (AvgIpc) is 2.70. The van der Waals surface area contributed by atoms with Gasteiger partial charge in [0.05, 0.1) is 5.56 Å². The van der Waals surface area contributed by atoms with Gasteiger partial charge < -0.3 is 33.5 Å². The smallest absolute Gasteiger partial charge is 0.335 e. The molecule has 5 atom stereocenters. The van der Waals surface area contributed by atoms with Crippen LogP contribution in [0, 0.1) is 0 Å². The first-order valence-electron chi connectivity index (χ1n) is 9.78. The van der Waals surface area contributed by atoms with E-state index in [4.69, 9.17) is 33.5 Å². The van der Waals surface area contributed by atoms with Crippen LogP contribution < -0.4 is 4.74 Å². The summed E-state index contributed by atoms with van der Waals surface area (Å²) in [5.74, 6) is -3.94. The quantitative estimate of drug-likeness (QED) is 0.423. The molecule has 2 rings (SSSR count). The third-order valence-electron chi connectivity index (χ3n) is 4.30. The molecular formula is C21H24O12. The van der Waals surface area contributed by atoms with Gasteiger partial charge in [-0.1, -0.05) is 0 Å². The second kappa shape index (κ2) is 11.3. The normalized spacial score (nSPS) is 24.2. The molecule has 0 aliphatic carbocycles. The Kier molecular flexibility index (Phi) is 8.74. The third-order valence-corrected chi connectivity index (χ3v) is 4.30. The highest BCUT2D eigenvalue weighted by molar-refractivity contribution is 5.87. The summed E-state index contributed by atoms with van der Waals surface area (Å²) in [4.78, 5) is 57.6. The first-order valence-corrected chi connectivity index (χ1v) is 9.78. The highest BCUT2D eigenvalue weighted by Gasteiger charge is 2.53. The summed E-state index contributed by atoms with van der Waals surface area (Å²) in [6.07, 6.45) is -6.61. The van der Waals surface area contributed by atoms with Gasteiger partial charge in [0, 0.05) is 27.7 Å². The number of aromatic carboxylic acids is 1. The van der Waals surface area contributed by atoms with Gasteiger partial charge in [0.2, 0.25) is 12.4 Å². The molecule has 180 valence electrons. The molecule has 33 heavy (non-hydrogen) atoms. The number of carbonyl (C=O) groups is 5. The minimum Gasteiger partial charge on any atom is -0.478 e. The predicted octanol–water partition coefficient (Wildman–Crippen LogP) is 0.847. The van der Waals surface area contributed by atoms with Gasteiger partial charge >= 0.3 is 29.8 Å². The SMILES string of the molecule is CC(=O)OCC1OC(Oc2ccc(C(=O)O)cc2)C(OC(C)=O)C(OC(C)=O)C1OC(C)=O. The highest BCUT2D eigenvalue weighted by atomic mass is 16.7. The van der Waals surface area contributed by atoms with E-state index in [1.165, 1.54) is 24.3 Å². The van der Waals surface area contributed by atoms with Crippen molar-refractivity contribution in [3.8, 4) is 5.75 Å². The summed E-state index contributed by atoms with van der Waals surface area (Å²) < 4.78 is 32.4. The molecule has 12 heteroatoms. The van der Waals surface area contributed by atoms with Gasteiger partial charge in [-0.3, -0.25) is 19.2 Å². The Balaban J connectivity index is 2.43. The fourth-order valence-corrected chi connectivity index (χ4v) is 3.09. The molecule has 1 aromatic rings. The van der Waals surface area contributed by atoms with Crippen LogP contribution >= 0.6 is 0 Å². The van der Waals surface area contributed by atoms with Gasteiger partial charge in [0.25, 0.3) is 0 Å². The van der Waals surface area contributed by atoms with Gasteiger partial charge in [-0.2, -0.15) is 0 Å². The summed E-state index contributed by atoms with van der Waals surface area (Å²) in [5, 5.41) is 9.04. The number of carboxylic acid groups (broad SMARTS) is 1. The van der Waals surface area contributed by atoms with Crippen LogP contribution in [0.1, 0.15) is 38.1 Å². The zero-order valence-electron chi connectivity index (χ0n) is 18.3. The molecule has 1 heterocycles. The topological polar surface area (TPSA) is 161 Å². The highest BCUT2D eigenvalue weighted by Crippen LogP contribution is 2.31. The molecular weight excluding hydrogens is 444 g/mol. The van der Waals surface area contributed by atoms with Crippen LogP contribution in [0.25, 0.3) is 0 Å². The van der Waals surface area contributed by atoms with E-state index >= 15 is 0 Å². The maximum atomic E-state index is 11.8. The van der Waals surface area contributed by atoms with Crippen LogP contribution in [0.4, 0.5) is 0 Å². The molecule has 0 radical (unpaired) electrons. The van der Waals surface area contributed by atoms with Crippen LogP contribution in [0.5, 0.6) is 5.75 Å². The van der Waals surface area contributed by atoms with Crippen molar-refractivity contribution in [1.29, 1.82) is 0 Å². The lowest BCUT2D eigenvalue weighted by molar-refractivity contribution is -0.288. The molecule has 1 aliphatic rings. The van der Waals surface area contributed by atoms with Crippen molar-refractivity contribution in [2.24, 2.45) is 0 Å². The number of carboxylic acids is 1. The molecule has 1 N–H and O–H groups in total. The van der Waals surface area contributed by atoms with Crippen molar-refractivity contribution >= 4 is 29.8 Å². The van der Waals surface area contributed by atoms with E-state index in [9.17, 15) is 24.0 Å². The minimum absolute atomic E-state index is 0.00361. The zero-order chi connectivity index (χ0) is 24.7. The predicted molar refractivity (Wildman–Crippen MR) is 106 cm³/mol. The maximum Gasteiger partial charge on any atom is 0.335 e. The summed E-state index contributed by atoms with van der Waals surface area (Å²) >= 11 is 0. The number of carbonyl (C=O) groups excluding carboxylic acids is 4. The summed E-state index contributed by atoms with van der Waals surface area (Å²) in [7, 11) is 0. The van der Waals surface area contributed by atoms with E-state index in [0.717, 1.165) is 27.7 Å². The molecule has 1 aliphatic heterocycles. The molecule has 5 unspecified atom stereocenters. The Morgan fingerprint density at radius 3 is 1.79 bits per heavy atom. The molecule has 0 aromatic heterocycles. The van der Waals surface area contributed by atoms with E-state index in [1.807, 2.05) is 0 Å². The van der Waals surface area contributed by atoms with Gasteiger partial charge in [0.1, 0.15) is 18.5 Å². The standard InChI is InChI=1S/C21H24O12/c1-10(22)28-9-16-17(29-11(2)23)18(30-12(3)24)19(31-13(4)25)21(33-16)32-15-7-5-14(6-8-15)20(26)27/h5-8,16-19,21H,9H2,1-4H3,(H,26,27). The van der Waals surface area contributed by atoms with E-state index in [-0.39, 0.29) is 11.3 Å². The summed E-state index contributed by atoms with van der Waals surface area (Å²) in [6, 6.07) is 5.25.